The van der Waals surface area contributed by atoms with E-state index in [4.69, 9.17) is 9.57 Å². The number of esters is 1. The van der Waals surface area contributed by atoms with Crippen LogP contribution < -0.4 is 0 Å². The number of piperidine rings is 1. The lowest BCUT2D eigenvalue weighted by molar-refractivity contribution is -0.184. The third kappa shape index (κ3) is 2.34. The molecule has 0 aliphatic carbocycles. The average Bonchev–Trinajstić information content (AvgIpc) is 2.72. The minimum Gasteiger partial charge on any atom is -0.450 e. The molecular formula is C15H16FNO4. The molecule has 1 aromatic rings. The van der Waals surface area contributed by atoms with E-state index in [0.717, 1.165) is 0 Å². The lowest BCUT2D eigenvalue weighted by Crippen LogP contribution is -2.48. The van der Waals surface area contributed by atoms with Crippen LogP contribution in [0, 0.1) is 5.82 Å². The Balaban J connectivity index is 1.84. The zero-order chi connectivity index (χ0) is 15.0. The number of Topliss-reactive ketones (excluding diaryl/α,β-unsaturated/α-hetero) is 1. The number of nitrogens with zero attached hydrogens (tertiary/aromatic N) is 1. The summed E-state index contributed by atoms with van der Waals surface area (Å²) in [6.45, 7) is 1.07. The molecule has 1 atom stereocenters. The van der Waals surface area contributed by atoms with E-state index in [-0.39, 0.29) is 5.78 Å². The standard InChI is InChI=1S/C15H16FNO4/c1-20-17-8-6-15(7-9-17)13(18)12(14(19)21-15)10-2-4-11(16)5-3-10/h2-5,12H,6-9H2,1H3. The van der Waals surface area contributed by atoms with Crippen LogP contribution in [-0.2, 0) is 19.2 Å². The van der Waals surface area contributed by atoms with Gasteiger partial charge in [-0.3, -0.25) is 9.59 Å². The molecule has 0 saturated carbocycles. The number of carbonyl (C=O) groups excluding carboxylic acids is 2. The van der Waals surface area contributed by atoms with Crippen LogP contribution in [0.1, 0.15) is 24.3 Å². The van der Waals surface area contributed by atoms with Crippen LogP contribution in [0.15, 0.2) is 24.3 Å². The molecule has 0 radical (unpaired) electrons. The van der Waals surface area contributed by atoms with Crippen LogP contribution in [0.25, 0.3) is 0 Å². The number of hydroxylamine groups is 2. The number of rotatable bonds is 2. The van der Waals surface area contributed by atoms with Crippen molar-refractivity contribution in [2.45, 2.75) is 24.4 Å². The van der Waals surface area contributed by atoms with Crippen LogP contribution in [0.4, 0.5) is 4.39 Å². The molecule has 0 amide bonds. The summed E-state index contributed by atoms with van der Waals surface area (Å²) in [7, 11) is 1.57. The Kier molecular flexibility index (Phi) is 3.51. The first-order valence-electron chi connectivity index (χ1n) is 6.87. The lowest BCUT2D eigenvalue weighted by Gasteiger charge is -2.35. The number of ketones is 1. The van der Waals surface area contributed by atoms with Crippen molar-refractivity contribution in [3.05, 3.63) is 35.6 Å². The van der Waals surface area contributed by atoms with Crippen molar-refractivity contribution in [1.29, 1.82) is 0 Å². The molecule has 0 bridgehead atoms. The highest BCUT2D eigenvalue weighted by Gasteiger charge is 2.56. The first kappa shape index (κ1) is 14.2. The minimum absolute atomic E-state index is 0.227. The number of ether oxygens (including phenoxy) is 1. The molecule has 1 aromatic carbocycles. The molecule has 3 rings (SSSR count). The summed E-state index contributed by atoms with van der Waals surface area (Å²) in [5.41, 5.74) is -0.567. The summed E-state index contributed by atoms with van der Waals surface area (Å²) in [5.74, 6) is -2.12. The molecule has 21 heavy (non-hydrogen) atoms. The van der Waals surface area contributed by atoms with E-state index in [1.54, 1.807) is 12.2 Å². The number of hydrogen-bond donors (Lipinski definition) is 0. The molecule has 2 heterocycles. The minimum atomic E-state index is -1.05. The highest BCUT2D eigenvalue weighted by molar-refractivity contribution is 6.13. The van der Waals surface area contributed by atoms with Gasteiger partial charge in [-0.2, -0.15) is 5.06 Å². The number of hydrogen-bond acceptors (Lipinski definition) is 5. The van der Waals surface area contributed by atoms with E-state index in [0.29, 0.717) is 31.5 Å². The van der Waals surface area contributed by atoms with Crippen molar-refractivity contribution in [2.24, 2.45) is 0 Å². The number of benzene rings is 1. The molecule has 0 N–H and O–H groups in total. The Labute approximate surface area is 121 Å². The molecule has 0 aromatic heterocycles. The van der Waals surface area contributed by atoms with Crippen LogP contribution in [-0.4, -0.2) is 42.6 Å². The first-order valence-corrected chi connectivity index (χ1v) is 6.87. The van der Waals surface area contributed by atoms with Crippen molar-refractivity contribution >= 4 is 11.8 Å². The maximum atomic E-state index is 13.0. The van der Waals surface area contributed by atoms with E-state index in [2.05, 4.69) is 0 Å². The van der Waals surface area contributed by atoms with Gasteiger partial charge in [0.15, 0.2) is 11.4 Å². The molecule has 1 unspecified atom stereocenters. The van der Waals surface area contributed by atoms with E-state index in [1.807, 2.05) is 0 Å². The third-order valence-electron chi connectivity index (χ3n) is 4.23. The largest absolute Gasteiger partial charge is 0.450 e. The van der Waals surface area contributed by atoms with Gasteiger partial charge in [0, 0.05) is 25.9 Å². The predicted molar refractivity (Wildman–Crippen MR) is 70.8 cm³/mol. The SMILES string of the molecule is CON1CCC2(CC1)OC(=O)C(c1ccc(F)cc1)C2=O. The molecule has 112 valence electrons. The normalized spacial score (nSPS) is 25.3. The molecule has 2 aliphatic rings. The zero-order valence-electron chi connectivity index (χ0n) is 11.7. The maximum absolute atomic E-state index is 13.0. The van der Waals surface area contributed by atoms with Crippen LogP contribution in [0.5, 0.6) is 0 Å². The van der Waals surface area contributed by atoms with Gasteiger partial charge in [0.05, 0.1) is 7.11 Å². The smallest absolute Gasteiger partial charge is 0.322 e. The Morgan fingerprint density at radius 2 is 1.86 bits per heavy atom. The zero-order valence-corrected chi connectivity index (χ0v) is 11.7. The Morgan fingerprint density at radius 3 is 2.43 bits per heavy atom. The second-order valence-corrected chi connectivity index (χ2v) is 5.38. The van der Waals surface area contributed by atoms with E-state index in [9.17, 15) is 14.0 Å². The van der Waals surface area contributed by atoms with Crippen molar-refractivity contribution in [2.75, 3.05) is 20.2 Å². The van der Waals surface area contributed by atoms with Gasteiger partial charge >= 0.3 is 5.97 Å². The fraction of sp³-hybridized carbons (Fsp3) is 0.467. The molecule has 2 fully saturated rings. The van der Waals surface area contributed by atoms with Gasteiger partial charge in [-0.05, 0) is 17.7 Å². The summed E-state index contributed by atoms with van der Waals surface area (Å²) in [5, 5.41) is 1.73. The Bertz CT molecular complexity index is 564. The van der Waals surface area contributed by atoms with Crippen molar-refractivity contribution in [1.82, 2.24) is 5.06 Å². The van der Waals surface area contributed by atoms with Crippen LogP contribution in [0.2, 0.25) is 0 Å². The summed E-state index contributed by atoms with van der Waals surface area (Å²) in [6, 6.07) is 5.41. The van der Waals surface area contributed by atoms with Gasteiger partial charge in [0.25, 0.3) is 0 Å². The third-order valence-corrected chi connectivity index (χ3v) is 4.23. The number of carbonyl (C=O) groups is 2. The molecule has 1 spiro atoms. The number of halogens is 1. The lowest BCUT2D eigenvalue weighted by atomic mass is 9.82. The molecule has 2 aliphatic heterocycles. The van der Waals surface area contributed by atoms with Gasteiger partial charge in [-0.25, -0.2) is 4.39 Å². The Hall–Kier alpha value is -1.79. The van der Waals surface area contributed by atoms with Gasteiger partial charge < -0.3 is 9.57 Å². The summed E-state index contributed by atoms with van der Waals surface area (Å²) in [6.07, 6.45) is 0.840. The van der Waals surface area contributed by atoms with E-state index >= 15 is 0 Å². The molecule has 6 heteroatoms. The predicted octanol–water partition coefficient (Wildman–Crippen LogP) is 1.43. The van der Waals surface area contributed by atoms with Gasteiger partial charge in [-0.15, -0.1) is 0 Å². The Morgan fingerprint density at radius 1 is 1.24 bits per heavy atom. The van der Waals surface area contributed by atoms with Gasteiger partial charge in [-0.1, -0.05) is 12.1 Å². The van der Waals surface area contributed by atoms with Crippen LogP contribution in [0.3, 0.4) is 0 Å². The summed E-state index contributed by atoms with van der Waals surface area (Å²) in [4.78, 5) is 29.9. The van der Waals surface area contributed by atoms with Crippen LogP contribution >= 0.6 is 0 Å². The molecular weight excluding hydrogens is 277 g/mol. The average molecular weight is 293 g/mol. The summed E-state index contributed by atoms with van der Waals surface area (Å²) < 4.78 is 18.4. The highest BCUT2D eigenvalue weighted by Crippen LogP contribution is 2.40. The molecule has 5 nitrogen and oxygen atoms in total. The van der Waals surface area contributed by atoms with Crippen molar-refractivity contribution in [3.63, 3.8) is 0 Å². The monoisotopic (exact) mass is 293 g/mol. The van der Waals surface area contributed by atoms with Gasteiger partial charge in [0.1, 0.15) is 11.7 Å². The second kappa shape index (κ2) is 5.20. The second-order valence-electron chi connectivity index (χ2n) is 5.38. The molecule has 2 saturated heterocycles. The maximum Gasteiger partial charge on any atom is 0.322 e. The fourth-order valence-electron chi connectivity index (χ4n) is 2.99. The highest BCUT2D eigenvalue weighted by atomic mass is 19.1. The van der Waals surface area contributed by atoms with Crippen molar-refractivity contribution < 1.29 is 23.6 Å². The van der Waals surface area contributed by atoms with E-state index in [1.165, 1.54) is 24.3 Å². The van der Waals surface area contributed by atoms with Gasteiger partial charge in [0.2, 0.25) is 0 Å². The quantitative estimate of drug-likeness (QED) is 0.610. The van der Waals surface area contributed by atoms with Crippen molar-refractivity contribution in [3.8, 4) is 0 Å². The van der Waals surface area contributed by atoms with E-state index < -0.39 is 23.3 Å². The summed E-state index contributed by atoms with van der Waals surface area (Å²) >= 11 is 0. The first-order chi connectivity index (χ1) is 10.1. The topological polar surface area (TPSA) is 55.8 Å². The fourth-order valence-corrected chi connectivity index (χ4v) is 2.99.